The van der Waals surface area contributed by atoms with E-state index in [-0.39, 0.29) is 11.6 Å². The number of amides is 1. The van der Waals surface area contributed by atoms with Crippen molar-refractivity contribution < 1.29 is 19.1 Å². The molecule has 136 valence electrons. The topological polar surface area (TPSA) is 84.2 Å². The number of halogens is 1. The Labute approximate surface area is 146 Å². The van der Waals surface area contributed by atoms with Crippen molar-refractivity contribution >= 4 is 22.8 Å². The van der Waals surface area contributed by atoms with Crippen molar-refractivity contribution in [1.82, 2.24) is 15.1 Å². The van der Waals surface area contributed by atoms with Crippen LogP contribution < -0.4 is 5.32 Å². The van der Waals surface area contributed by atoms with Gasteiger partial charge in [0, 0.05) is 11.9 Å². The number of rotatable bonds is 7. The summed E-state index contributed by atoms with van der Waals surface area (Å²) in [4.78, 5) is 24.3. The molecule has 1 heterocycles. The molecule has 0 saturated heterocycles. The van der Waals surface area contributed by atoms with Crippen LogP contribution in [0, 0.1) is 5.41 Å². The van der Waals surface area contributed by atoms with Gasteiger partial charge in [-0.2, -0.15) is 5.10 Å². The Kier molecular flexibility index (Phi) is 5.77. The summed E-state index contributed by atoms with van der Waals surface area (Å²) in [5.41, 5.74) is 0.195. The standard InChI is InChI=1S/C18H24FN3O3/c1-18(2,3)15(17(24)25)22-13-9-5-4-8-12(13)14(21-22)16(23)20-11-7-6-10-19/h4-5,8-9,15H,6-7,10-11H2,1-3H3,(H,20,23)(H,24,25)/t15-/m1/s1. The van der Waals surface area contributed by atoms with Gasteiger partial charge in [0.05, 0.1) is 12.2 Å². The van der Waals surface area contributed by atoms with Crippen molar-refractivity contribution in [2.45, 2.75) is 39.7 Å². The third kappa shape index (κ3) is 4.15. The molecule has 0 saturated carbocycles. The van der Waals surface area contributed by atoms with E-state index in [9.17, 15) is 19.1 Å². The third-order valence-corrected chi connectivity index (χ3v) is 3.97. The van der Waals surface area contributed by atoms with Crippen molar-refractivity contribution in [3.05, 3.63) is 30.0 Å². The number of carbonyl (C=O) groups is 2. The number of carbonyl (C=O) groups excluding carboxylic acids is 1. The summed E-state index contributed by atoms with van der Waals surface area (Å²) in [5, 5.41) is 17.3. The molecular formula is C18H24FN3O3. The molecule has 0 unspecified atom stereocenters. The number of aliphatic carboxylic acids is 1. The second kappa shape index (κ2) is 7.63. The van der Waals surface area contributed by atoms with Crippen molar-refractivity contribution in [3.8, 4) is 0 Å². The number of hydrogen-bond donors (Lipinski definition) is 2. The van der Waals surface area contributed by atoms with E-state index in [1.165, 1.54) is 4.68 Å². The lowest BCUT2D eigenvalue weighted by molar-refractivity contribution is -0.144. The summed E-state index contributed by atoms with van der Waals surface area (Å²) in [6.45, 7) is 5.39. The van der Waals surface area contributed by atoms with Gasteiger partial charge in [0.1, 0.15) is 0 Å². The van der Waals surface area contributed by atoms with Crippen LogP contribution in [-0.2, 0) is 4.79 Å². The van der Waals surface area contributed by atoms with Crippen LogP contribution in [0.1, 0.15) is 50.1 Å². The predicted molar refractivity (Wildman–Crippen MR) is 93.4 cm³/mol. The van der Waals surface area contributed by atoms with Crippen LogP contribution in [0.5, 0.6) is 0 Å². The van der Waals surface area contributed by atoms with Gasteiger partial charge in [0.15, 0.2) is 11.7 Å². The summed E-state index contributed by atoms with van der Waals surface area (Å²) < 4.78 is 13.6. The fraction of sp³-hybridized carbons (Fsp3) is 0.500. The SMILES string of the molecule is CC(C)(C)[C@@H](C(=O)O)n1nc(C(=O)NCCCCF)c2ccccc21. The number of nitrogens with one attached hydrogen (secondary N) is 1. The Morgan fingerprint density at radius 3 is 2.56 bits per heavy atom. The quantitative estimate of drug-likeness (QED) is 0.752. The third-order valence-electron chi connectivity index (χ3n) is 3.97. The highest BCUT2D eigenvalue weighted by atomic mass is 19.1. The van der Waals surface area contributed by atoms with Gasteiger partial charge in [-0.05, 0) is 24.3 Å². The number of unbranched alkanes of at least 4 members (excludes halogenated alkanes) is 1. The van der Waals surface area contributed by atoms with Gasteiger partial charge in [0.2, 0.25) is 0 Å². The van der Waals surface area contributed by atoms with E-state index in [0.717, 1.165) is 0 Å². The smallest absolute Gasteiger partial charge is 0.329 e. The molecule has 7 heteroatoms. The molecule has 2 rings (SSSR count). The van der Waals surface area contributed by atoms with E-state index in [4.69, 9.17) is 0 Å². The highest BCUT2D eigenvalue weighted by molar-refractivity contribution is 6.05. The number of alkyl halides is 1. The molecule has 0 radical (unpaired) electrons. The molecule has 1 aromatic carbocycles. The lowest BCUT2D eigenvalue weighted by atomic mass is 9.87. The summed E-state index contributed by atoms with van der Waals surface area (Å²) >= 11 is 0. The molecule has 2 N–H and O–H groups in total. The van der Waals surface area contributed by atoms with Crippen LogP contribution in [0.3, 0.4) is 0 Å². The Hall–Kier alpha value is -2.44. The molecular weight excluding hydrogens is 325 g/mol. The minimum absolute atomic E-state index is 0.186. The molecule has 0 aliphatic carbocycles. The van der Waals surface area contributed by atoms with Gasteiger partial charge < -0.3 is 10.4 Å². The fourth-order valence-corrected chi connectivity index (χ4v) is 2.80. The minimum Gasteiger partial charge on any atom is -0.480 e. The van der Waals surface area contributed by atoms with Gasteiger partial charge in [-0.15, -0.1) is 0 Å². The molecule has 2 aromatic rings. The number of hydrogen-bond acceptors (Lipinski definition) is 3. The van der Waals surface area contributed by atoms with E-state index in [1.807, 2.05) is 20.8 Å². The Balaban J connectivity index is 2.43. The number of fused-ring (bicyclic) bond motifs is 1. The second-order valence-electron chi connectivity index (χ2n) is 7.07. The minimum atomic E-state index is -1.00. The van der Waals surface area contributed by atoms with Crippen molar-refractivity contribution in [2.24, 2.45) is 5.41 Å². The first kappa shape index (κ1) is 18.9. The second-order valence-corrected chi connectivity index (χ2v) is 7.07. The summed E-state index contributed by atoms with van der Waals surface area (Å²) in [7, 11) is 0. The summed E-state index contributed by atoms with van der Waals surface area (Å²) in [6, 6.07) is 6.15. The van der Waals surface area contributed by atoms with Crippen molar-refractivity contribution in [1.29, 1.82) is 0 Å². The van der Waals surface area contributed by atoms with Crippen LogP contribution in [0.25, 0.3) is 10.9 Å². The molecule has 1 amide bonds. The number of carboxylic acids is 1. The van der Waals surface area contributed by atoms with E-state index >= 15 is 0 Å². The number of benzene rings is 1. The normalized spacial score (nSPS) is 13.0. The average Bonchev–Trinajstić information content (AvgIpc) is 2.89. The van der Waals surface area contributed by atoms with E-state index < -0.39 is 24.1 Å². The molecule has 0 bridgehead atoms. The van der Waals surface area contributed by atoms with Gasteiger partial charge in [-0.3, -0.25) is 9.18 Å². The van der Waals surface area contributed by atoms with Gasteiger partial charge >= 0.3 is 5.97 Å². The largest absolute Gasteiger partial charge is 0.480 e. The Bertz CT molecular complexity index is 765. The van der Waals surface area contributed by atoms with Crippen LogP contribution in [0.15, 0.2) is 24.3 Å². The zero-order valence-corrected chi connectivity index (χ0v) is 14.8. The van der Waals surface area contributed by atoms with Crippen molar-refractivity contribution in [2.75, 3.05) is 13.2 Å². The lowest BCUT2D eigenvalue weighted by Gasteiger charge is -2.27. The van der Waals surface area contributed by atoms with Crippen LogP contribution in [-0.4, -0.2) is 40.0 Å². The monoisotopic (exact) mass is 349 g/mol. The molecule has 6 nitrogen and oxygen atoms in total. The maximum Gasteiger partial charge on any atom is 0.329 e. The maximum atomic E-state index is 12.4. The number of para-hydroxylation sites is 1. The van der Waals surface area contributed by atoms with Gasteiger partial charge in [-0.25, -0.2) is 9.48 Å². The molecule has 0 aliphatic heterocycles. The number of aromatic nitrogens is 2. The van der Waals surface area contributed by atoms with Crippen LogP contribution >= 0.6 is 0 Å². The molecule has 0 spiro atoms. The first-order valence-electron chi connectivity index (χ1n) is 8.31. The zero-order valence-electron chi connectivity index (χ0n) is 14.8. The van der Waals surface area contributed by atoms with E-state index in [0.29, 0.717) is 30.3 Å². The highest BCUT2D eigenvalue weighted by Crippen LogP contribution is 2.33. The highest BCUT2D eigenvalue weighted by Gasteiger charge is 2.35. The number of carboxylic acid groups (broad SMARTS) is 1. The molecule has 25 heavy (non-hydrogen) atoms. The summed E-state index contributed by atoms with van der Waals surface area (Å²) in [6.07, 6.45) is 0.932. The van der Waals surface area contributed by atoms with Crippen LogP contribution in [0.4, 0.5) is 4.39 Å². The predicted octanol–water partition coefficient (Wildman–Crippen LogP) is 3.19. The molecule has 1 aromatic heterocycles. The van der Waals surface area contributed by atoms with E-state index in [1.54, 1.807) is 24.3 Å². The van der Waals surface area contributed by atoms with Crippen molar-refractivity contribution in [3.63, 3.8) is 0 Å². The first-order chi connectivity index (χ1) is 11.8. The maximum absolute atomic E-state index is 12.4. The fourth-order valence-electron chi connectivity index (χ4n) is 2.80. The zero-order chi connectivity index (χ0) is 18.6. The molecule has 1 atom stereocenters. The average molecular weight is 349 g/mol. The van der Waals surface area contributed by atoms with Crippen LogP contribution in [0.2, 0.25) is 0 Å². The summed E-state index contributed by atoms with van der Waals surface area (Å²) in [5.74, 6) is -1.39. The number of nitrogens with zero attached hydrogens (tertiary/aromatic N) is 2. The molecule has 0 aliphatic rings. The Morgan fingerprint density at radius 2 is 1.96 bits per heavy atom. The Morgan fingerprint density at radius 1 is 1.28 bits per heavy atom. The van der Waals surface area contributed by atoms with Gasteiger partial charge in [-0.1, -0.05) is 39.0 Å². The lowest BCUT2D eigenvalue weighted by Crippen LogP contribution is -2.32. The van der Waals surface area contributed by atoms with E-state index in [2.05, 4.69) is 10.4 Å². The molecule has 0 fully saturated rings. The van der Waals surface area contributed by atoms with Gasteiger partial charge in [0.25, 0.3) is 5.91 Å². The first-order valence-corrected chi connectivity index (χ1v) is 8.31.